The Morgan fingerprint density at radius 1 is 1.10 bits per heavy atom. The zero-order valence-corrected chi connectivity index (χ0v) is 19.1. The van der Waals surface area contributed by atoms with Crippen LogP contribution in [0.5, 0.6) is 5.75 Å². The van der Waals surface area contributed by atoms with Crippen molar-refractivity contribution in [3.63, 3.8) is 0 Å². The van der Waals surface area contributed by atoms with Gasteiger partial charge >= 0.3 is 0 Å². The summed E-state index contributed by atoms with van der Waals surface area (Å²) in [5, 5.41) is 3.72. The molecule has 0 radical (unpaired) electrons. The molecule has 0 heterocycles. The summed E-state index contributed by atoms with van der Waals surface area (Å²) in [6, 6.07) is 12.0. The van der Waals surface area contributed by atoms with Gasteiger partial charge in [0.05, 0.1) is 10.0 Å². The minimum Gasteiger partial charge on any atom is -0.484 e. The second-order valence-electron chi connectivity index (χ2n) is 7.19. The van der Waals surface area contributed by atoms with E-state index in [4.69, 9.17) is 27.9 Å². The zero-order valence-electron chi connectivity index (χ0n) is 17.6. The first kappa shape index (κ1) is 24.0. The molecule has 0 spiro atoms. The maximum atomic E-state index is 13.0. The molecule has 0 aromatic heterocycles. The Bertz CT molecular complexity index is 856. The van der Waals surface area contributed by atoms with Gasteiger partial charge < -0.3 is 15.0 Å². The summed E-state index contributed by atoms with van der Waals surface area (Å²) in [6.07, 6.45) is 1.86. The van der Waals surface area contributed by atoms with Gasteiger partial charge in [-0.05, 0) is 50.1 Å². The summed E-state index contributed by atoms with van der Waals surface area (Å²) in [5.41, 5.74) is 1.88. The van der Waals surface area contributed by atoms with Gasteiger partial charge in [-0.1, -0.05) is 60.3 Å². The van der Waals surface area contributed by atoms with Crippen LogP contribution in [0.15, 0.2) is 42.5 Å². The van der Waals surface area contributed by atoms with Crippen molar-refractivity contribution in [2.45, 2.75) is 46.2 Å². The first-order valence-corrected chi connectivity index (χ1v) is 10.8. The van der Waals surface area contributed by atoms with Gasteiger partial charge in [0.2, 0.25) is 5.91 Å². The van der Waals surface area contributed by atoms with E-state index in [9.17, 15) is 9.59 Å². The molecule has 2 rings (SSSR count). The number of carbonyl (C=O) groups excluding carboxylic acids is 2. The number of hydrogen-bond donors (Lipinski definition) is 1. The van der Waals surface area contributed by atoms with Gasteiger partial charge in [-0.3, -0.25) is 9.59 Å². The predicted molar refractivity (Wildman–Crippen MR) is 121 cm³/mol. The van der Waals surface area contributed by atoms with E-state index < -0.39 is 6.04 Å². The molecule has 0 aliphatic heterocycles. The minimum atomic E-state index is -0.662. The van der Waals surface area contributed by atoms with E-state index in [1.165, 1.54) is 4.90 Å². The summed E-state index contributed by atoms with van der Waals surface area (Å²) in [7, 11) is 0. The number of nitrogens with one attached hydrogen (secondary N) is 1. The Morgan fingerprint density at radius 3 is 2.43 bits per heavy atom. The monoisotopic (exact) mass is 450 g/mol. The van der Waals surface area contributed by atoms with E-state index in [0.717, 1.165) is 24.0 Å². The van der Waals surface area contributed by atoms with Crippen LogP contribution in [0.2, 0.25) is 10.0 Å². The minimum absolute atomic E-state index is 0.170. The third-order valence-electron chi connectivity index (χ3n) is 4.72. The van der Waals surface area contributed by atoms with Crippen LogP contribution in [0, 0.1) is 6.92 Å². The van der Waals surface area contributed by atoms with Gasteiger partial charge in [0, 0.05) is 13.1 Å². The maximum Gasteiger partial charge on any atom is 0.261 e. The lowest BCUT2D eigenvalue weighted by Crippen LogP contribution is -2.49. The number of rotatable bonds is 10. The van der Waals surface area contributed by atoms with Gasteiger partial charge in [0.15, 0.2) is 6.61 Å². The molecule has 7 heteroatoms. The number of unbranched alkanes of at least 4 members (excludes halogenated alkanes) is 1. The lowest BCUT2D eigenvalue weighted by Gasteiger charge is -2.29. The quantitative estimate of drug-likeness (QED) is 0.517. The van der Waals surface area contributed by atoms with Gasteiger partial charge in [-0.15, -0.1) is 0 Å². The molecule has 0 aliphatic rings. The van der Waals surface area contributed by atoms with Crippen molar-refractivity contribution in [3.8, 4) is 5.75 Å². The van der Waals surface area contributed by atoms with E-state index >= 15 is 0 Å². The molecular weight excluding hydrogens is 423 g/mol. The largest absolute Gasteiger partial charge is 0.484 e. The first-order chi connectivity index (χ1) is 14.3. The molecule has 2 aromatic carbocycles. The topological polar surface area (TPSA) is 58.6 Å². The lowest BCUT2D eigenvalue weighted by atomic mass is 10.1. The van der Waals surface area contributed by atoms with Crippen LogP contribution in [-0.2, 0) is 16.1 Å². The Balaban J connectivity index is 2.13. The van der Waals surface area contributed by atoms with E-state index in [1.807, 2.05) is 31.2 Å². The number of aryl methyl sites for hydroxylation is 1. The van der Waals surface area contributed by atoms with Gasteiger partial charge in [0.1, 0.15) is 11.8 Å². The highest BCUT2D eigenvalue weighted by Crippen LogP contribution is 2.24. The Kier molecular flexibility index (Phi) is 9.47. The van der Waals surface area contributed by atoms with Crippen LogP contribution in [0.25, 0.3) is 0 Å². The highest BCUT2D eigenvalue weighted by atomic mass is 35.5. The third kappa shape index (κ3) is 7.22. The number of nitrogens with zero attached hydrogens (tertiary/aromatic N) is 1. The number of halogens is 2. The first-order valence-electron chi connectivity index (χ1n) is 10.0. The smallest absolute Gasteiger partial charge is 0.261 e. The fraction of sp³-hybridized carbons (Fsp3) is 0.391. The second kappa shape index (κ2) is 11.8. The molecule has 5 nitrogen and oxygen atoms in total. The number of carbonyl (C=O) groups is 2. The molecule has 0 saturated heterocycles. The molecule has 2 amide bonds. The summed E-state index contributed by atoms with van der Waals surface area (Å²) >= 11 is 12.1. The number of amides is 2. The van der Waals surface area contributed by atoms with E-state index in [0.29, 0.717) is 22.3 Å². The van der Waals surface area contributed by atoms with Crippen molar-refractivity contribution in [2.24, 2.45) is 0 Å². The van der Waals surface area contributed by atoms with Crippen LogP contribution in [0.4, 0.5) is 0 Å². The lowest BCUT2D eigenvalue weighted by molar-refractivity contribution is -0.142. The molecular formula is C23H28Cl2N2O3. The summed E-state index contributed by atoms with van der Waals surface area (Å²) in [4.78, 5) is 27.1. The third-order valence-corrected chi connectivity index (χ3v) is 5.46. The summed E-state index contributed by atoms with van der Waals surface area (Å²) < 4.78 is 5.64. The average Bonchev–Trinajstić information content (AvgIpc) is 2.73. The van der Waals surface area contributed by atoms with Gasteiger partial charge in [0.25, 0.3) is 5.91 Å². The van der Waals surface area contributed by atoms with Crippen LogP contribution >= 0.6 is 23.2 Å². The number of hydrogen-bond acceptors (Lipinski definition) is 3. The molecule has 1 N–H and O–H groups in total. The Labute approximate surface area is 188 Å². The Hall–Kier alpha value is -2.24. The van der Waals surface area contributed by atoms with Crippen molar-refractivity contribution in [3.05, 3.63) is 63.6 Å². The van der Waals surface area contributed by atoms with Crippen LogP contribution < -0.4 is 10.1 Å². The zero-order chi connectivity index (χ0) is 22.1. The van der Waals surface area contributed by atoms with Crippen molar-refractivity contribution in [1.82, 2.24) is 10.2 Å². The average molecular weight is 451 g/mol. The highest BCUT2D eigenvalue weighted by Gasteiger charge is 2.26. The Morgan fingerprint density at radius 2 is 1.80 bits per heavy atom. The maximum absolute atomic E-state index is 13.0. The molecule has 1 atom stereocenters. The van der Waals surface area contributed by atoms with Gasteiger partial charge in [-0.2, -0.15) is 0 Å². The molecule has 0 saturated carbocycles. The number of benzene rings is 2. The molecule has 0 bridgehead atoms. The summed E-state index contributed by atoms with van der Waals surface area (Å²) in [5.74, 6) is 0.107. The van der Waals surface area contributed by atoms with Crippen molar-refractivity contribution >= 4 is 35.0 Å². The van der Waals surface area contributed by atoms with Crippen LogP contribution in [0.3, 0.4) is 0 Å². The van der Waals surface area contributed by atoms with E-state index in [2.05, 4.69) is 12.2 Å². The normalized spacial score (nSPS) is 11.6. The van der Waals surface area contributed by atoms with Crippen molar-refractivity contribution in [1.29, 1.82) is 0 Å². The molecule has 0 fully saturated rings. The molecule has 2 aromatic rings. The fourth-order valence-electron chi connectivity index (χ4n) is 2.82. The van der Waals surface area contributed by atoms with E-state index in [-0.39, 0.29) is 25.0 Å². The standard InChI is InChI=1S/C23H28Cl2N2O3/c1-4-5-12-26-23(29)17(3)27(14-18-8-11-20(24)21(25)13-18)22(28)15-30-19-9-6-16(2)7-10-19/h6-11,13,17H,4-5,12,14-15H2,1-3H3,(H,26,29). The van der Waals surface area contributed by atoms with Crippen LogP contribution in [0.1, 0.15) is 37.8 Å². The SMILES string of the molecule is CCCCNC(=O)C(C)N(Cc1ccc(Cl)c(Cl)c1)C(=O)COc1ccc(C)cc1. The van der Waals surface area contributed by atoms with Crippen molar-refractivity contribution in [2.75, 3.05) is 13.2 Å². The van der Waals surface area contributed by atoms with Gasteiger partial charge in [-0.25, -0.2) is 0 Å². The predicted octanol–water partition coefficient (Wildman–Crippen LogP) is 5.01. The van der Waals surface area contributed by atoms with Crippen LogP contribution in [-0.4, -0.2) is 35.9 Å². The van der Waals surface area contributed by atoms with E-state index in [1.54, 1.807) is 25.1 Å². The highest BCUT2D eigenvalue weighted by molar-refractivity contribution is 6.42. The number of ether oxygens (including phenoxy) is 1. The van der Waals surface area contributed by atoms with Crippen molar-refractivity contribution < 1.29 is 14.3 Å². The second-order valence-corrected chi connectivity index (χ2v) is 8.01. The molecule has 0 aliphatic carbocycles. The summed E-state index contributed by atoms with van der Waals surface area (Å²) in [6.45, 7) is 6.37. The molecule has 162 valence electrons. The fourth-order valence-corrected chi connectivity index (χ4v) is 3.14. The molecule has 30 heavy (non-hydrogen) atoms. The molecule has 1 unspecified atom stereocenters.